The number of benzene rings is 1. The summed E-state index contributed by atoms with van der Waals surface area (Å²) in [6.45, 7) is 5.64. The molecule has 0 spiro atoms. The number of rotatable bonds is 5. The van der Waals surface area contributed by atoms with Crippen LogP contribution in [0, 0.1) is 5.92 Å². The lowest BCUT2D eigenvalue weighted by molar-refractivity contribution is 0.281. The van der Waals surface area contributed by atoms with E-state index in [9.17, 15) is 0 Å². The van der Waals surface area contributed by atoms with E-state index < -0.39 is 0 Å². The fourth-order valence-electron chi connectivity index (χ4n) is 2.78. The molecule has 1 aromatic rings. The molecule has 2 rings (SSSR count). The summed E-state index contributed by atoms with van der Waals surface area (Å²) in [5.41, 5.74) is 1.46. The molecule has 0 aliphatic carbocycles. The van der Waals surface area contributed by atoms with Crippen LogP contribution in [0.2, 0.25) is 0 Å². The van der Waals surface area contributed by atoms with Crippen molar-refractivity contribution < 1.29 is 0 Å². The van der Waals surface area contributed by atoms with Crippen molar-refractivity contribution >= 4 is 0 Å². The van der Waals surface area contributed by atoms with Crippen LogP contribution < -0.4 is 10.6 Å². The van der Waals surface area contributed by atoms with Gasteiger partial charge in [-0.1, -0.05) is 37.3 Å². The molecule has 0 bridgehead atoms. The van der Waals surface area contributed by atoms with Crippen LogP contribution in [0.15, 0.2) is 30.3 Å². The Hall–Kier alpha value is -0.860. The van der Waals surface area contributed by atoms with Crippen molar-refractivity contribution in [2.45, 2.75) is 32.2 Å². The summed E-state index contributed by atoms with van der Waals surface area (Å²) in [7, 11) is 0. The van der Waals surface area contributed by atoms with E-state index in [-0.39, 0.29) is 0 Å². The molecule has 17 heavy (non-hydrogen) atoms. The molecule has 1 aliphatic rings. The molecule has 0 radical (unpaired) electrons. The molecular weight excluding hydrogens is 208 g/mol. The Balaban J connectivity index is 1.96. The molecule has 2 heteroatoms. The first-order valence-corrected chi connectivity index (χ1v) is 6.88. The maximum Gasteiger partial charge on any atom is 0.0137 e. The van der Waals surface area contributed by atoms with Gasteiger partial charge in [0.15, 0.2) is 0 Å². The molecule has 1 aliphatic heterocycles. The Kier molecular flexibility index (Phi) is 5.02. The van der Waals surface area contributed by atoms with Crippen molar-refractivity contribution in [2.75, 3.05) is 19.6 Å². The van der Waals surface area contributed by atoms with E-state index in [0.29, 0.717) is 6.04 Å². The van der Waals surface area contributed by atoms with Gasteiger partial charge in [0.2, 0.25) is 0 Å². The largest absolute Gasteiger partial charge is 0.317 e. The van der Waals surface area contributed by atoms with E-state index in [1.807, 2.05) is 0 Å². The third-order valence-electron chi connectivity index (χ3n) is 3.72. The molecular formula is C15H24N2. The molecule has 0 amide bonds. The van der Waals surface area contributed by atoms with Crippen molar-refractivity contribution in [2.24, 2.45) is 5.92 Å². The first-order valence-electron chi connectivity index (χ1n) is 6.88. The van der Waals surface area contributed by atoms with Crippen LogP contribution in [0.1, 0.15) is 25.3 Å². The zero-order valence-electron chi connectivity index (χ0n) is 10.8. The van der Waals surface area contributed by atoms with E-state index in [4.69, 9.17) is 0 Å². The molecule has 1 atom stereocenters. The second kappa shape index (κ2) is 6.77. The van der Waals surface area contributed by atoms with Crippen LogP contribution in [-0.2, 0) is 6.42 Å². The lowest BCUT2D eigenvalue weighted by Gasteiger charge is -2.31. The first-order chi connectivity index (χ1) is 8.40. The van der Waals surface area contributed by atoms with Gasteiger partial charge in [0.05, 0.1) is 0 Å². The molecule has 94 valence electrons. The Bertz CT molecular complexity index is 304. The summed E-state index contributed by atoms with van der Waals surface area (Å²) in [6.07, 6.45) is 3.79. The predicted octanol–water partition coefficient (Wildman–Crippen LogP) is 2.21. The van der Waals surface area contributed by atoms with Gasteiger partial charge in [0.25, 0.3) is 0 Å². The molecule has 2 N–H and O–H groups in total. The summed E-state index contributed by atoms with van der Waals surface area (Å²) in [6, 6.07) is 11.5. The van der Waals surface area contributed by atoms with Crippen LogP contribution in [-0.4, -0.2) is 25.7 Å². The number of hydrogen-bond donors (Lipinski definition) is 2. The van der Waals surface area contributed by atoms with Crippen LogP contribution in [0.3, 0.4) is 0 Å². The summed E-state index contributed by atoms with van der Waals surface area (Å²) >= 11 is 0. The second-order valence-electron chi connectivity index (χ2n) is 4.94. The zero-order valence-corrected chi connectivity index (χ0v) is 10.8. The minimum Gasteiger partial charge on any atom is -0.317 e. The topological polar surface area (TPSA) is 24.1 Å². The van der Waals surface area contributed by atoms with E-state index in [1.165, 1.54) is 37.9 Å². The van der Waals surface area contributed by atoms with E-state index >= 15 is 0 Å². The van der Waals surface area contributed by atoms with E-state index in [0.717, 1.165) is 12.5 Å². The second-order valence-corrected chi connectivity index (χ2v) is 4.94. The van der Waals surface area contributed by atoms with Gasteiger partial charge < -0.3 is 10.6 Å². The van der Waals surface area contributed by atoms with Gasteiger partial charge in [-0.2, -0.15) is 0 Å². The molecule has 1 unspecified atom stereocenters. The highest BCUT2D eigenvalue weighted by Crippen LogP contribution is 2.19. The van der Waals surface area contributed by atoms with Gasteiger partial charge in [0, 0.05) is 6.04 Å². The number of piperidine rings is 1. The highest BCUT2D eigenvalue weighted by Gasteiger charge is 2.22. The van der Waals surface area contributed by atoms with Crippen LogP contribution >= 0.6 is 0 Å². The quantitative estimate of drug-likeness (QED) is 0.813. The first kappa shape index (κ1) is 12.6. The molecule has 0 saturated carbocycles. The maximum absolute atomic E-state index is 3.67. The SMILES string of the molecule is CCNC(Cc1ccccc1)C1CCNCC1. The standard InChI is InChI=1S/C15H24N2/c1-2-17-15(14-8-10-16-11-9-14)12-13-6-4-3-5-7-13/h3-7,14-17H,2,8-12H2,1H3. The Morgan fingerprint density at radius 1 is 1.24 bits per heavy atom. The van der Waals surface area contributed by atoms with Crippen molar-refractivity contribution in [1.29, 1.82) is 0 Å². The molecule has 1 aromatic carbocycles. The lowest BCUT2D eigenvalue weighted by atomic mass is 9.86. The maximum atomic E-state index is 3.67. The monoisotopic (exact) mass is 232 g/mol. The number of hydrogen-bond acceptors (Lipinski definition) is 2. The third-order valence-corrected chi connectivity index (χ3v) is 3.72. The van der Waals surface area contributed by atoms with E-state index in [1.54, 1.807) is 0 Å². The van der Waals surface area contributed by atoms with Crippen molar-refractivity contribution in [3.05, 3.63) is 35.9 Å². The van der Waals surface area contributed by atoms with Gasteiger partial charge in [-0.05, 0) is 50.4 Å². The van der Waals surface area contributed by atoms with Crippen molar-refractivity contribution in [1.82, 2.24) is 10.6 Å². The fourth-order valence-corrected chi connectivity index (χ4v) is 2.78. The van der Waals surface area contributed by atoms with Gasteiger partial charge in [0.1, 0.15) is 0 Å². The van der Waals surface area contributed by atoms with Crippen LogP contribution in [0.4, 0.5) is 0 Å². The van der Waals surface area contributed by atoms with Crippen molar-refractivity contribution in [3.63, 3.8) is 0 Å². The van der Waals surface area contributed by atoms with E-state index in [2.05, 4.69) is 47.9 Å². The third kappa shape index (κ3) is 3.83. The highest BCUT2D eigenvalue weighted by atomic mass is 14.9. The number of likely N-dealkylation sites (N-methyl/N-ethyl adjacent to an activating group) is 1. The molecule has 1 fully saturated rings. The summed E-state index contributed by atoms with van der Waals surface area (Å²) < 4.78 is 0. The number of nitrogens with one attached hydrogen (secondary N) is 2. The predicted molar refractivity (Wildman–Crippen MR) is 73.2 cm³/mol. The van der Waals surface area contributed by atoms with Gasteiger partial charge >= 0.3 is 0 Å². The average molecular weight is 232 g/mol. The highest BCUT2D eigenvalue weighted by molar-refractivity contribution is 5.16. The van der Waals surface area contributed by atoms with Gasteiger partial charge in [-0.25, -0.2) is 0 Å². The Labute approximate surface area is 105 Å². The minimum absolute atomic E-state index is 0.643. The Morgan fingerprint density at radius 3 is 2.59 bits per heavy atom. The lowest BCUT2D eigenvalue weighted by Crippen LogP contribution is -2.43. The van der Waals surface area contributed by atoms with Crippen LogP contribution in [0.25, 0.3) is 0 Å². The minimum atomic E-state index is 0.643. The van der Waals surface area contributed by atoms with Crippen LogP contribution in [0.5, 0.6) is 0 Å². The molecule has 0 aromatic heterocycles. The van der Waals surface area contributed by atoms with Gasteiger partial charge in [-0.3, -0.25) is 0 Å². The summed E-state index contributed by atoms with van der Waals surface area (Å²) in [5.74, 6) is 0.830. The summed E-state index contributed by atoms with van der Waals surface area (Å²) in [4.78, 5) is 0. The average Bonchev–Trinajstić information content (AvgIpc) is 2.40. The fraction of sp³-hybridized carbons (Fsp3) is 0.600. The summed E-state index contributed by atoms with van der Waals surface area (Å²) in [5, 5.41) is 7.12. The molecule has 1 heterocycles. The Morgan fingerprint density at radius 2 is 1.94 bits per heavy atom. The smallest absolute Gasteiger partial charge is 0.0137 e. The molecule has 2 nitrogen and oxygen atoms in total. The molecule has 1 saturated heterocycles. The zero-order chi connectivity index (χ0) is 11.9. The van der Waals surface area contributed by atoms with Crippen molar-refractivity contribution in [3.8, 4) is 0 Å². The normalized spacial score (nSPS) is 19.1. The van der Waals surface area contributed by atoms with Gasteiger partial charge in [-0.15, -0.1) is 0 Å².